The third-order valence-corrected chi connectivity index (χ3v) is 4.81. The molecular weight excluding hydrogens is 402 g/mol. The molecule has 0 spiro atoms. The van der Waals surface area contributed by atoms with Gasteiger partial charge in [-0.3, -0.25) is 14.5 Å². The zero-order valence-corrected chi connectivity index (χ0v) is 16.4. The van der Waals surface area contributed by atoms with E-state index >= 15 is 0 Å². The van der Waals surface area contributed by atoms with E-state index in [0.29, 0.717) is 0 Å². The summed E-state index contributed by atoms with van der Waals surface area (Å²) in [5, 5.41) is 10.5. The highest BCUT2D eigenvalue weighted by Crippen LogP contribution is 2.44. The molecule has 1 aliphatic heterocycles. The molecule has 30 heavy (non-hydrogen) atoms. The van der Waals surface area contributed by atoms with Gasteiger partial charge in [0.1, 0.15) is 5.82 Å². The summed E-state index contributed by atoms with van der Waals surface area (Å²) in [5.41, 5.74) is -2.28. The van der Waals surface area contributed by atoms with E-state index < -0.39 is 46.5 Å². The van der Waals surface area contributed by atoms with Gasteiger partial charge in [-0.1, -0.05) is 39.0 Å². The molecule has 0 radical (unpaired) electrons. The smallest absolute Gasteiger partial charge is 0.416 e. The lowest BCUT2D eigenvalue weighted by atomic mass is 9.82. The number of Topliss-reactive ketones (excluding diaryl/α,β-unsaturated/α-hetero) is 1. The zero-order chi connectivity index (χ0) is 22.4. The normalized spacial score (nSPS) is 17.6. The lowest BCUT2D eigenvalue weighted by Crippen LogP contribution is -2.33. The van der Waals surface area contributed by atoms with Crippen molar-refractivity contribution in [1.82, 2.24) is 0 Å². The van der Waals surface area contributed by atoms with Crippen LogP contribution in [0, 0.1) is 11.2 Å². The first-order valence-corrected chi connectivity index (χ1v) is 9.07. The van der Waals surface area contributed by atoms with Gasteiger partial charge in [-0.15, -0.1) is 0 Å². The van der Waals surface area contributed by atoms with Crippen molar-refractivity contribution in [3.05, 3.63) is 76.8 Å². The zero-order valence-electron chi connectivity index (χ0n) is 16.4. The van der Waals surface area contributed by atoms with Crippen LogP contribution in [0.15, 0.2) is 59.9 Å². The Bertz CT molecular complexity index is 1030. The van der Waals surface area contributed by atoms with Crippen LogP contribution in [0.4, 0.5) is 23.2 Å². The second-order valence-corrected chi connectivity index (χ2v) is 7.99. The van der Waals surface area contributed by atoms with Gasteiger partial charge in [0.15, 0.2) is 11.5 Å². The fraction of sp³-hybridized carbons (Fsp3) is 0.273. The van der Waals surface area contributed by atoms with E-state index in [2.05, 4.69) is 0 Å². The number of anilines is 1. The van der Waals surface area contributed by atoms with Crippen LogP contribution >= 0.6 is 0 Å². The predicted molar refractivity (Wildman–Crippen MR) is 102 cm³/mol. The minimum atomic E-state index is -4.58. The van der Waals surface area contributed by atoms with Crippen molar-refractivity contribution in [2.45, 2.75) is 33.0 Å². The first-order valence-electron chi connectivity index (χ1n) is 9.07. The van der Waals surface area contributed by atoms with Gasteiger partial charge in [-0.2, -0.15) is 13.2 Å². The van der Waals surface area contributed by atoms with E-state index in [0.717, 1.165) is 35.2 Å². The van der Waals surface area contributed by atoms with Crippen molar-refractivity contribution in [2.24, 2.45) is 5.41 Å². The molecule has 2 aromatic carbocycles. The molecule has 158 valence electrons. The predicted octanol–water partition coefficient (Wildman–Crippen LogP) is 5.36. The van der Waals surface area contributed by atoms with Crippen LogP contribution in [0.1, 0.15) is 37.9 Å². The second kappa shape index (κ2) is 7.27. The van der Waals surface area contributed by atoms with Crippen LogP contribution in [0.25, 0.3) is 0 Å². The lowest BCUT2D eigenvalue weighted by molar-refractivity contribution is -0.137. The van der Waals surface area contributed by atoms with Gasteiger partial charge in [-0.25, -0.2) is 4.39 Å². The molecule has 1 amide bonds. The van der Waals surface area contributed by atoms with E-state index in [1.54, 1.807) is 20.8 Å². The quantitative estimate of drug-likeness (QED) is 0.679. The summed E-state index contributed by atoms with van der Waals surface area (Å²) in [6.45, 7) is 4.75. The Balaban J connectivity index is 2.19. The molecule has 8 heteroatoms. The maximum atomic E-state index is 14.6. The van der Waals surface area contributed by atoms with Gasteiger partial charge in [0, 0.05) is 16.7 Å². The van der Waals surface area contributed by atoms with Gasteiger partial charge in [0.05, 0.1) is 17.2 Å². The summed E-state index contributed by atoms with van der Waals surface area (Å²) < 4.78 is 53.4. The average Bonchev–Trinajstić information content (AvgIpc) is 2.91. The van der Waals surface area contributed by atoms with Crippen LogP contribution < -0.4 is 4.90 Å². The number of carbonyl (C=O) groups excluding carboxylic acids is 2. The largest absolute Gasteiger partial charge is 0.503 e. The van der Waals surface area contributed by atoms with Crippen LogP contribution in [0.5, 0.6) is 0 Å². The summed E-state index contributed by atoms with van der Waals surface area (Å²) in [7, 11) is 0. The van der Waals surface area contributed by atoms with E-state index in [4.69, 9.17) is 0 Å². The summed E-state index contributed by atoms with van der Waals surface area (Å²) >= 11 is 0. The third-order valence-electron chi connectivity index (χ3n) is 4.81. The van der Waals surface area contributed by atoms with Crippen molar-refractivity contribution < 1.29 is 32.3 Å². The second-order valence-electron chi connectivity index (χ2n) is 7.99. The number of ketones is 1. The Kier molecular flexibility index (Phi) is 5.22. The number of hydrogen-bond donors (Lipinski definition) is 1. The van der Waals surface area contributed by atoms with Crippen LogP contribution in [-0.4, -0.2) is 16.8 Å². The topological polar surface area (TPSA) is 57.6 Å². The fourth-order valence-corrected chi connectivity index (χ4v) is 3.31. The highest BCUT2D eigenvalue weighted by Gasteiger charge is 2.47. The molecule has 4 nitrogen and oxygen atoms in total. The highest BCUT2D eigenvalue weighted by atomic mass is 19.4. The van der Waals surface area contributed by atoms with Crippen molar-refractivity contribution in [3.63, 3.8) is 0 Å². The van der Waals surface area contributed by atoms with Crippen LogP contribution in [0.3, 0.4) is 0 Å². The monoisotopic (exact) mass is 421 g/mol. The number of alkyl halides is 3. The van der Waals surface area contributed by atoms with Gasteiger partial charge in [0.25, 0.3) is 5.91 Å². The minimum Gasteiger partial charge on any atom is -0.503 e. The van der Waals surface area contributed by atoms with Crippen molar-refractivity contribution in [1.29, 1.82) is 0 Å². The molecule has 0 bridgehead atoms. The summed E-state index contributed by atoms with van der Waals surface area (Å²) in [6.07, 6.45) is -4.58. The molecule has 1 atom stereocenters. The molecule has 0 aliphatic carbocycles. The Hall–Kier alpha value is -3.16. The van der Waals surface area contributed by atoms with Crippen LogP contribution in [-0.2, 0) is 15.8 Å². The Morgan fingerprint density at radius 2 is 1.57 bits per heavy atom. The van der Waals surface area contributed by atoms with Gasteiger partial charge < -0.3 is 5.11 Å². The number of rotatable bonds is 3. The molecular formula is C22H19F4NO3. The lowest BCUT2D eigenvalue weighted by Gasteiger charge is -2.29. The van der Waals surface area contributed by atoms with Crippen LogP contribution in [0.2, 0.25) is 0 Å². The van der Waals surface area contributed by atoms with E-state index in [1.165, 1.54) is 18.2 Å². The summed E-state index contributed by atoms with van der Waals surface area (Å²) in [6, 6.07) is 7.76. The van der Waals surface area contributed by atoms with E-state index in [1.807, 2.05) is 0 Å². The summed E-state index contributed by atoms with van der Waals surface area (Å²) in [4.78, 5) is 26.8. The molecule has 0 saturated carbocycles. The number of halogens is 4. The van der Waals surface area contributed by atoms with E-state index in [9.17, 15) is 32.3 Å². The Morgan fingerprint density at radius 3 is 2.07 bits per heavy atom. The first kappa shape index (κ1) is 21.5. The number of nitrogens with zero attached hydrogens (tertiary/aromatic N) is 1. The van der Waals surface area contributed by atoms with Gasteiger partial charge in [-0.05, 0) is 30.3 Å². The molecule has 2 aromatic rings. The number of benzene rings is 2. The van der Waals surface area contributed by atoms with Gasteiger partial charge in [0.2, 0.25) is 0 Å². The molecule has 1 aliphatic rings. The highest BCUT2D eigenvalue weighted by molar-refractivity contribution is 6.17. The molecule has 3 rings (SSSR count). The maximum Gasteiger partial charge on any atom is 0.416 e. The average molecular weight is 421 g/mol. The number of aliphatic hydroxyl groups excluding tert-OH is 1. The minimum absolute atomic E-state index is 0.00971. The van der Waals surface area contributed by atoms with Gasteiger partial charge >= 0.3 is 6.18 Å². The van der Waals surface area contributed by atoms with E-state index in [-0.39, 0.29) is 16.8 Å². The molecule has 0 saturated heterocycles. The molecule has 0 fully saturated rings. The van der Waals surface area contributed by atoms with Crippen molar-refractivity contribution >= 4 is 17.4 Å². The number of carbonyl (C=O) groups is 2. The maximum absolute atomic E-state index is 14.6. The Morgan fingerprint density at radius 1 is 1.00 bits per heavy atom. The first-order chi connectivity index (χ1) is 13.8. The SMILES string of the molecule is CC(C)(C)C(=O)C1=C(O)C(=O)N(c2ccc(C(F)(F)F)cc2)C1c1ccccc1F. The molecule has 0 aromatic heterocycles. The number of hydrogen-bond acceptors (Lipinski definition) is 3. The fourth-order valence-electron chi connectivity index (χ4n) is 3.31. The van der Waals surface area contributed by atoms with Crippen molar-refractivity contribution in [3.8, 4) is 0 Å². The molecule has 1 N–H and O–H groups in total. The van der Waals surface area contributed by atoms with Crippen molar-refractivity contribution in [2.75, 3.05) is 4.90 Å². The molecule has 1 heterocycles. The number of aliphatic hydroxyl groups is 1. The summed E-state index contributed by atoms with van der Waals surface area (Å²) in [5.74, 6) is -3.13. The Labute approximate surface area is 170 Å². The molecule has 1 unspecified atom stereocenters. The standard InChI is InChI=1S/C22H19F4NO3/c1-21(2,3)19(29)16-17(14-6-4-5-7-15(14)23)27(20(30)18(16)28)13-10-8-12(9-11-13)22(24,25)26/h4-11,17,28H,1-3H3. The number of amides is 1. The third kappa shape index (κ3) is 3.69.